The van der Waals surface area contributed by atoms with Crippen LogP contribution >= 0.6 is 0 Å². The second-order valence-corrected chi connectivity index (χ2v) is 8.81. The van der Waals surface area contributed by atoms with Crippen LogP contribution in [0.2, 0.25) is 0 Å². The molecule has 3 aromatic rings. The van der Waals surface area contributed by atoms with Crippen LogP contribution in [0.1, 0.15) is 41.0 Å². The lowest BCUT2D eigenvalue weighted by Gasteiger charge is -2.50. The molecule has 7 nitrogen and oxygen atoms in total. The number of aryl methyl sites for hydroxylation is 1. The average molecular weight is 468 g/mol. The highest BCUT2D eigenvalue weighted by Crippen LogP contribution is 2.38. The lowest BCUT2D eigenvalue weighted by Crippen LogP contribution is -2.60. The van der Waals surface area contributed by atoms with Crippen molar-refractivity contribution in [3.8, 4) is 11.4 Å². The second-order valence-electron chi connectivity index (χ2n) is 8.81. The molecule has 1 amide bonds. The molecule has 0 radical (unpaired) electrons. The Hall–Kier alpha value is -3.56. The van der Waals surface area contributed by atoms with Crippen molar-refractivity contribution in [2.45, 2.75) is 44.4 Å². The molecular weight excluding hydrogens is 445 g/mol. The molecule has 2 bridgehead atoms. The molecule has 3 unspecified atom stereocenters. The predicted octanol–water partition coefficient (Wildman–Crippen LogP) is 4.37. The van der Waals surface area contributed by atoms with E-state index in [1.54, 1.807) is 18.5 Å². The number of amides is 1. The number of hydrogen-bond acceptors (Lipinski definition) is 6. The molecule has 2 saturated heterocycles. The van der Waals surface area contributed by atoms with Crippen LogP contribution < -0.4 is 5.32 Å². The molecule has 10 heteroatoms. The fraction of sp³-hybridized carbons (Fsp3) is 0.375. The molecule has 0 spiro atoms. The van der Waals surface area contributed by atoms with Gasteiger partial charge >= 0.3 is 6.18 Å². The van der Waals surface area contributed by atoms with E-state index in [0.29, 0.717) is 41.1 Å². The van der Waals surface area contributed by atoms with Gasteiger partial charge in [-0.3, -0.25) is 4.79 Å². The Morgan fingerprint density at radius 2 is 1.88 bits per heavy atom. The number of carbonyl (C=O) groups is 1. The first-order valence-corrected chi connectivity index (χ1v) is 11.2. The summed E-state index contributed by atoms with van der Waals surface area (Å²) in [4.78, 5) is 32.6. The van der Waals surface area contributed by atoms with Crippen molar-refractivity contribution in [1.29, 1.82) is 0 Å². The van der Waals surface area contributed by atoms with Gasteiger partial charge in [0.2, 0.25) is 0 Å². The summed E-state index contributed by atoms with van der Waals surface area (Å²) in [5, 5.41) is 3.27. The van der Waals surface area contributed by atoms with Gasteiger partial charge in [-0.25, -0.2) is 19.9 Å². The fourth-order valence-electron chi connectivity index (χ4n) is 4.89. The van der Waals surface area contributed by atoms with Gasteiger partial charge in [0, 0.05) is 36.9 Å². The summed E-state index contributed by atoms with van der Waals surface area (Å²) in [6.45, 7) is 2.45. The summed E-state index contributed by atoms with van der Waals surface area (Å²) in [5.41, 5.74) is 0.812. The lowest BCUT2D eigenvalue weighted by atomic mass is 9.76. The third-order valence-electron chi connectivity index (χ3n) is 6.51. The van der Waals surface area contributed by atoms with Crippen LogP contribution in [0.15, 0.2) is 48.9 Å². The number of anilines is 1. The Bertz CT molecular complexity index is 1190. The van der Waals surface area contributed by atoms with Gasteiger partial charge in [-0.2, -0.15) is 13.2 Å². The quantitative estimate of drug-likeness (QED) is 0.612. The number of hydrogen-bond donors (Lipinski definition) is 1. The largest absolute Gasteiger partial charge is 0.417 e. The molecule has 3 aliphatic rings. The topological polar surface area (TPSA) is 83.9 Å². The number of rotatable bonds is 4. The van der Waals surface area contributed by atoms with E-state index in [1.165, 1.54) is 6.07 Å². The minimum atomic E-state index is -4.43. The molecule has 3 aromatic heterocycles. The molecule has 6 rings (SSSR count). The van der Waals surface area contributed by atoms with E-state index in [0.717, 1.165) is 31.5 Å². The summed E-state index contributed by atoms with van der Waals surface area (Å²) in [5.74, 6) is 0.906. The zero-order valence-corrected chi connectivity index (χ0v) is 18.5. The van der Waals surface area contributed by atoms with E-state index in [-0.39, 0.29) is 18.0 Å². The van der Waals surface area contributed by atoms with Crippen molar-refractivity contribution in [2.24, 2.45) is 5.92 Å². The summed E-state index contributed by atoms with van der Waals surface area (Å²) >= 11 is 0. The maximum Gasteiger partial charge on any atom is 0.417 e. The smallest absolute Gasteiger partial charge is 0.365 e. The minimum Gasteiger partial charge on any atom is -0.365 e. The van der Waals surface area contributed by atoms with Crippen LogP contribution in [-0.2, 0) is 6.18 Å². The number of aromatic nitrogens is 4. The van der Waals surface area contributed by atoms with Gasteiger partial charge in [0.1, 0.15) is 11.5 Å². The van der Waals surface area contributed by atoms with E-state index in [1.807, 2.05) is 24.0 Å². The Balaban J connectivity index is 1.40. The number of piperidine rings is 2. The first kappa shape index (κ1) is 22.2. The highest BCUT2D eigenvalue weighted by molar-refractivity contribution is 5.98. The van der Waals surface area contributed by atoms with Gasteiger partial charge in [-0.1, -0.05) is 0 Å². The zero-order valence-electron chi connectivity index (χ0n) is 18.5. The highest BCUT2D eigenvalue weighted by atomic mass is 19.4. The van der Waals surface area contributed by atoms with Crippen molar-refractivity contribution in [3.63, 3.8) is 0 Å². The number of halogens is 3. The minimum absolute atomic E-state index is 0.109. The molecule has 34 heavy (non-hydrogen) atoms. The maximum atomic E-state index is 13.7. The summed E-state index contributed by atoms with van der Waals surface area (Å²) < 4.78 is 38.6. The maximum absolute atomic E-state index is 13.7. The zero-order chi connectivity index (χ0) is 23.9. The Morgan fingerprint density at radius 1 is 1.09 bits per heavy atom. The molecule has 0 aromatic carbocycles. The SMILES string of the molecule is Cc1ccc(-c2ncccn2)c(C(=O)N2CC3CCC2C(Nc2ccc(C(F)(F)F)cn2)C3)n1. The van der Waals surface area contributed by atoms with Crippen molar-refractivity contribution in [2.75, 3.05) is 11.9 Å². The van der Waals surface area contributed by atoms with Gasteiger partial charge in [0.05, 0.1) is 17.2 Å². The van der Waals surface area contributed by atoms with E-state index in [9.17, 15) is 18.0 Å². The molecule has 1 saturated carbocycles. The number of fused-ring (bicyclic) bond motifs is 3. The van der Waals surface area contributed by atoms with Gasteiger partial charge in [0.25, 0.3) is 5.91 Å². The number of alkyl halides is 3. The van der Waals surface area contributed by atoms with Gasteiger partial charge < -0.3 is 10.2 Å². The average Bonchev–Trinajstić information content (AvgIpc) is 2.84. The van der Waals surface area contributed by atoms with E-state index in [4.69, 9.17) is 0 Å². The normalized spacial score (nSPS) is 22.0. The van der Waals surface area contributed by atoms with Crippen LogP contribution in [-0.4, -0.2) is 49.4 Å². The summed E-state index contributed by atoms with van der Waals surface area (Å²) in [6, 6.07) is 7.48. The molecule has 176 valence electrons. The summed E-state index contributed by atoms with van der Waals surface area (Å²) in [7, 11) is 0. The number of nitrogens with one attached hydrogen (secondary N) is 1. The molecule has 1 aliphatic carbocycles. The molecule has 3 fully saturated rings. The number of pyridine rings is 2. The van der Waals surface area contributed by atoms with Crippen LogP contribution in [0.3, 0.4) is 0 Å². The first-order valence-electron chi connectivity index (χ1n) is 11.2. The van der Waals surface area contributed by atoms with E-state index < -0.39 is 11.7 Å². The Kier molecular flexibility index (Phi) is 5.66. The van der Waals surface area contributed by atoms with Gasteiger partial charge in [-0.15, -0.1) is 0 Å². The predicted molar refractivity (Wildman–Crippen MR) is 119 cm³/mol. The van der Waals surface area contributed by atoms with Crippen molar-refractivity contribution in [3.05, 3.63) is 65.9 Å². The molecular formula is C24H23F3N6O. The van der Waals surface area contributed by atoms with Crippen LogP contribution in [0, 0.1) is 12.8 Å². The van der Waals surface area contributed by atoms with E-state index >= 15 is 0 Å². The number of carbonyl (C=O) groups excluding carboxylic acids is 1. The first-order chi connectivity index (χ1) is 16.3. The summed E-state index contributed by atoms with van der Waals surface area (Å²) in [6.07, 6.45) is 2.27. The third kappa shape index (κ3) is 4.32. The van der Waals surface area contributed by atoms with Crippen molar-refractivity contribution < 1.29 is 18.0 Å². The fourth-order valence-corrected chi connectivity index (χ4v) is 4.89. The third-order valence-corrected chi connectivity index (χ3v) is 6.51. The Morgan fingerprint density at radius 3 is 2.56 bits per heavy atom. The van der Waals surface area contributed by atoms with Crippen LogP contribution in [0.25, 0.3) is 11.4 Å². The van der Waals surface area contributed by atoms with E-state index in [2.05, 4.69) is 25.3 Å². The molecule has 2 aliphatic heterocycles. The van der Waals surface area contributed by atoms with Gasteiger partial charge in [0.15, 0.2) is 5.82 Å². The molecule has 5 heterocycles. The van der Waals surface area contributed by atoms with Gasteiger partial charge in [-0.05, 0) is 62.4 Å². The molecule has 1 N–H and O–H groups in total. The van der Waals surface area contributed by atoms with Crippen molar-refractivity contribution in [1.82, 2.24) is 24.8 Å². The monoisotopic (exact) mass is 468 g/mol. The Labute approximate surface area is 194 Å². The van der Waals surface area contributed by atoms with Crippen LogP contribution in [0.5, 0.6) is 0 Å². The highest BCUT2D eigenvalue weighted by Gasteiger charge is 2.44. The second kappa shape index (κ2) is 8.66. The van der Waals surface area contributed by atoms with Crippen LogP contribution in [0.4, 0.5) is 19.0 Å². The lowest BCUT2D eigenvalue weighted by molar-refractivity contribution is -0.137. The van der Waals surface area contributed by atoms with Crippen molar-refractivity contribution >= 4 is 11.7 Å². The molecule has 3 atom stereocenters. The standard InChI is InChI=1S/C24H23F3N6O/c1-14-3-6-17(22-28-9-2-10-29-22)21(31-14)23(34)33-13-15-4-7-19(33)18(11-15)32-20-8-5-16(12-30-20)24(25,26)27/h2-3,5-6,8-10,12,15,18-19H,4,7,11,13H2,1H3,(H,30,32). The number of nitrogens with zero attached hydrogens (tertiary/aromatic N) is 5.